The molecule has 3 N–H and O–H groups in total. The minimum atomic E-state index is -0.844. The van der Waals surface area contributed by atoms with E-state index in [9.17, 15) is 4.79 Å². The largest absolute Gasteiger partial charge is 0.491 e. The van der Waals surface area contributed by atoms with Gasteiger partial charge in [-0.15, -0.1) is 0 Å². The van der Waals surface area contributed by atoms with Crippen molar-refractivity contribution < 1.29 is 9.53 Å². The maximum atomic E-state index is 11.3. The van der Waals surface area contributed by atoms with Gasteiger partial charge in [-0.05, 0) is 38.1 Å². The maximum Gasteiger partial charge on any atom is 0.240 e. The molecular formula is C13H20N2O2. The highest BCUT2D eigenvalue weighted by atomic mass is 16.5. The SMILES string of the molecule is CCc1ccc(OCC(C)(NC)C(N)=O)cc1. The van der Waals surface area contributed by atoms with Crippen LogP contribution in [0.1, 0.15) is 19.4 Å². The first-order valence-electron chi connectivity index (χ1n) is 5.72. The molecule has 1 aromatic carbocycles. The van der Waals surface area contributed by atoms with Gasteiger partial charge in [0.05, 0.1) is 0 Å². The van der Waals surface area contributed by atoms with E-state index in [2.05, 4.69) is 12.2 Å². The monoisotopic (exact) mass is 236 g/mol. The van der Waals surface area contributed by atoms with Crippen molar-refractivity contribution in [2.75, 3.05) is 13.7 Å². The lowest BCUT2D eigenvalue weighted by Crippen LogP contribution is -2.55. The molecule has 0 radical (unpaired) electrons. The number of aryl methyl sites for hydroxylation is 1. The lowest BCUT2D eigenvalue weighted by molar-refractivity contribution is -0.124. The Labute approximate surface area is 102 Å². The summed E-state index contributed by atoms with van der Waals surface area (Å²) in [6, 6.07) is 7.82. The summed E-state index contributed by atoms with van der Waals surface area (Å²) in [5.41, 5.74) is 5.72. The highest BCUT2D eigenvalue weighted by Gasteiger charge is 2.29. The van der Waals surface area contributed by atoms with E-state index in [1.165, 1.54) is 5.56 Å². The molecule has 1 amide bonds. The third-order valence-corrected chi connectivity index (χ3v) is 2.95. The van der Waals surface area contributed by atoms with Crippen LogP contribution in [0.3, 0.4) is 0 Å². The van der Waals surface area contributed by atoms with Crippen LogP contribution in [0.4, 0.5) is 0 Å². The Morgan fingerprint density at radius 2 is 2.00 bits per heavy atom. The Balaban J connectivity index is 2.63. The zero-order valence-corrected chi connectivity index (χ0v) is 10.6. The molecule has 94 valence electrons. The second kappa shape index (κ2) is 5.68. The fourth-order valence-corrected chi connectivity index (χ4v) is 1.32. The first-order chi connectivity index (χ1) is 8.01. The minimum Gasteiger partial charge on any atom is -0.491 e. The average Bonchev–Trinajstić information content (AvgIpc) is 2.36. The van der Waals surface area contributed by atoms with Gasteiger partial charge in [-0.2, -0.15) is 0 Å². The molecule has 1 rings (SSSR count). The predicted molar refractivity (Wildman–Crippen MR) is 68.0 cm³/mol. The molecule has 1 aromatic rings. The molecule has 1 unspecified atom stereocenters. The number of nitrogens with two attached hydrogens (primary N) is 1. The molecule has 0 bridgehead atoms. The molecule has 0 saturated carbocycles. The van der Waals surface area contributed by atoms with Crippen LogP contribution in [-0.4, -0.2) is 25.1 Å². The van der Waals surface area contributed by atoms with Crippen LogP contribution in [0.15, 0.2) is 24.3 Å². The van der Waals surface area contributed by atoms with E-state index in [0.717, 1.165) is 12.2 Å². The van der Waals surface area contributed by atoms with E-state index in [4.69, 9.17) is 10.5 Å². The van der Waals surface area contributed by atoms with Crippen LogP contribution in [0.25, 0.3) is 0 Å². The van der Waals surface area contributed by atoms with E-state index in [-0.39, 0.29) is 6.61 Å². The average molecular weight is 236 g/mol. The van der Waals surface area contributed by atoms with Crippen LogP contribution in [0.2, 0.25) is 0 Å². The minimum absolute atomic E-state index is 0.213. The molecule has 0 aliphatic heterocycles. The Morgan fingerprint density at radius 3 is 2.41 bits per heavy atom. The number of hydrogen-bond acceptors (Lipinski definition) is 3. The topological polar surface area (TPSA) is 64.3 Å². The molecule has 0 fully saturated rings. The van der Waals surface area contributed by atoms with Gasteiger partial charge in [-0.25, -0.2) is 0 Å². The quantitative estimate of drug-likeness (QED) is 0.777. The van der Waals surface area contributed by atoms with E-state index >= 15 is 0 Å². The number of ether oxygens (including phenoxy) is 1. The number of amides is 1. The third-order valence-electron chi connectivity index (χ3n) is 2.95. The molecule has 4 heteroatoms. The number of nitrogens with one attached hydrogen (secondary N) is 1. The lowest BCUT2D eigenvalue weighted by Gasteiger charge is -2.25. The molecule has 1 atom stereocenters. The first-order valence-corrected chi connectivity index (χ1v) is 5.72. The standard InChI is InChI=1S/C13H20N2O2/c1-4-10-5-7-11(8-6-10)17-9-13(2,15-3)12(14)16/h5-8,15H,4,9H2,1-3H3,(H2,14,16). The summed E-state index contributed by atoms with van der Waals surface area (Å²) in [7, 11) is 1.69. The molecule has 4 nitrogen and oxygen atoms in total. The van der Waals surface area contributed by atoms with Crippen molar-refractivity contribution in [2.45, 2.75) is 25.8 Å². The Hall–Kier alpha value is -1.55. The summed E-state index contributed by atoms with van der Waals surface area (Å²) >= 11 is 0. The summed E-state index contributed by atoms with van der Waals surface area (Å²) in [5, 5.41) is 2.87. The molecule has 0 aromatic heterocycles. The number of carbonyl (C=O) groups excluding carboxylic acids is 1. The molecule has 0 aliphatic rings. The van der Waals surface area contributed by atoms with Crippen LogP contribution in [-0.2, 0) is 11.2 Å². The van der Waals surface area contributed by atoms with Crippen molar-refractivity contribution >= 4 is 5.91 Å². The zero-order chi connectivity index (χ0) is 12.9. The molecule has 0 saturated heterocycles. The maximum absolute atomic E-state index is 11.3. The number of likely N-dealkylation sites (N-methyl/N-ethyl adjacent to an activating group) is 1. The van der Waals surface area contributed by atoms with Crippen molar-refractivity contribution in [1.82, 2.24) is 5.32 Å². The Kier molecular flexibility index (Phi) is 4.52. The second-order valence-electron chi connectivity index (χ2n) is 4.23. The van der Waals surface area contributed by atoms with Gasteiger partial charge in [0.1, 0.15) is 17.9 Å². The fourth-order valence-electron chi connectivity index (χ4n) is 1.32. The van der Waals surface area contributed by atoms with Crippen molar-refractivity contribution in [3.05, 3.63) is 29.8 Å². The summed E-state index contributed by atoms with van der Waals surface area (Å²) < 4.78 is 5.56. The molecular weight excluding hydrogens is 216 g/mol. The molecule has 17 heavy (non-hydrogen) atoms. The molecule has 0 aliphatic carbocycles. The van der Waals surface area contributed by atoms with Gasteiger partial charge < -0.3 is 15.8 Å². The van der Waals surface area contributed by atoms with Gasteiger partial charge in [-0.1, -0.05) is 19.1 Å². The highest BCUT2D eigenvalue weighted by molar-refractivity contribution is 5.84. The van der Waals surface area contributed by atoms with Crippen LogP contribution < -0.4 is 15.8 Å². The number of rotatable bonds is 6. The summed E-state index contributed by atoms with van der Waals surface area (Å²) in [6.45, 7) is 4.03. The predicted octanol–water partition coefficient (Wildman–Crippen LogP) is 1.09. The van der Waals surface area contributed by atoms with Crippen LogP contribution >= 0.6 is 0 Å². The fraction of sp³-hybridized carbons (Fsp3) is 0.462. The highest BCUT2D eigenvalue weighted by Crippen LogP contribution is 2.14. The number of primary amides is 1. The van der Waals surface area contributed by atoms with E-state index in [1.807, 2.05) is 24.3 Å². The van der Waals surface area contributed by atoms with E-state index in [1.54, 1.807) is 14.0 Å². The normalized spacial score (nSPS) is 14.1. The van der Waals surface area contributed by atoms with Gasteiger partial charge >= 0.3 is 0 Å². The lowest BCUT2D eigenvalue weighted by atomic mass is 10.0. The third kappa shape index (κ3) is 3.46. The van der Waals surface area contributed by atoms with Crippen molar-refractivity contribution in [3.8, 4) is 5.75 Å². The van der Waals surface area contributed by atoms with Crippen molar-refractivity contribution in [2.24, 2.45) is 5.73 Å². The van der Waals surface area contributed by atoms with Crippen LogP contribution in [0, 0.1) is 0 Å². The van der Waals surface area contributed by atoms with Crippen LogP contribution in [0.5, 0.6) is 5.75 Å². The van der Waals surface area contributed by atoms with Crippen molar-refractivity contribution in [1.29, 1.82) is 0 Å². The number of carbonyl (C=O) groups is 1. The Morgan fingerprint density at radius 1 is 1.41 bits per heavy atom. The van der Waals surface area contributed by atoms with Gasteiger partial charge in [0.2, 0.25) is 5.91 Å². The second-order valence-corrected chi connectivity index (χ2v) is 4.23. The molecule has 0 spiro atoms. The van der Waals surface area contributed by atoms with E-state index in [0.29, 0.717) is 0 Å². The van der Waals surface area contributed by atoms with Gasteiger partial charge in [-0.3, -0.25) is 4.79 Å². The Bertz CT molecular complexity index is 376. The summed E-state index contributed by atoms with van der Waals surface area (Å²) in [5.74, 6) is 0.315. The van der Waals surface area contributed by atoms with Gasteiger partial charge in [0.15, 0.2) is 0 Å². The zero-order valence-electron chi connectivity index (χ0n) is 10.6. The van der Waals surface area contributed by atoms with Gasteiger partial charge in [0.25, 0.3) is 0 Å². The van der Waals surface area contributed by atoms with E-state index < -0.39 is 11.4 Å². The van der Waals surface area contributed by atoms with Crippen molar-refractivity contribution in [3.63, 3.8) is 0 Å². The van der Waals surface area contributed by atoms with Gasteiger partial charge in [0, 0.05) is 0 Å². The first kappa shape index (κ1) is 13.5. The number of hydrogen-bond donors (Lipinski definition) is 2. The summed E-state index contributed by atoms with van der Waals surface area (Å²) in [6.07, 6.45) is 0.996. The smallest absolute Gasteiger partial charge is 0.240 e. The number of benzene rings is 1. The summed E-state index contributed by atoms with van der Waals surface area (Å²) in [4.78, 5) is 11.3. The molecule has 0 heterocycles.